The third-order valence-electron chi connectivity index (χ3n) is 5.49. The van der Waals surface area contributed by atoms with Crippen LogP contribution in [0.2, 0.25) is 5.02 Å². The summed E-state index contributed by atoms with van der Waals surface area (Å²) in [5.74, 6) is -0.155. The van der Waals surface area contributed by atoms with Crippen molar-refractivity contribution in [3.8, 4) is 0 Å². The van der Waals surface area contributed by atoms with Gasteiger partial charge >= 0.3 is 6.03 Å². The van der Waals surface area contributed by atoms with Gasteiger partial charge in [-0.25, -0.2) is 4.79 Å². The molecular weight excluding hydrogens is 406 g/mol. The molecule has 4 N–H and O–H groups in total. The average Bonchev–Trinajstić information content (AvgIpc) is 2.75. The lowest BCUT2D eigenvalue weighted by Crippen LogP contribution is -2.53. The van der Waals surface area contributed by atoms with E-state index in [-0.39, 0.29) is 31.0 Å². The molecule has 3 amide bonds. The molecule has 1 saturated carbocycles. The summed E-state index contributed by atoms with van der Waals surface area (Å²) < 4.78 is 5.82. The maximum atomic E-state index is 12.3. The molecule has 0 spiro atoms. The number of aliphatic hydroxyl groups excluding tert-OH is 1. The first-order chi connectivity index (χ1) is 14.5. The minimum Gasteiger partial charge on any atom is -0.394 e. The van der Waals surface area contributed by atoms with E-state index in [0.717, 1.165) is 31.2 Å². The van der Waals surface area contributed by atoms with Gasteiger partial charge in [0.1, 0.15) is 6.10 Å². The molecule has 1 heterocycles. The van der Waals surface area contributed by atoms with Crippen molar-refractivity contribution in [1.82, 2.24) is 16.0 Å². The van der Waals surface area contributed by atoms with E-state index < -0.39 is 18.2 Å². The number of nitrogens with one attached hydrogen (secondary N) is 3. The third-order valence-corrected chi connectivity index (χ3v) is 5.74. The fraction of sp³-hybridized carbons (Fsp3) is 0.545. The van der Waals surface area contributed by atoms with Gasteiger partial charge in [0.05, 0.1) is 25.2 Å². The van der Waals surface area contributed by atoms with E-state index in [4.69, 9.17) is 16.3 Å². The summed E-state index contributed by atoms with van der Waals surface area (Å²) in [6.45, 7) is 0.156. The Morgan fingerprint density at radius 1 is 1.07 bits per heavy atom. The quantitative estimate of drug-likeness (QED) is 0.495. The van der Waals surface area contributed by atoms with Crippen LogP contribution in [0.1, 0.15) is 44.1 Å². The van der Waals surface area contributed by atoms with Crippen LogP contribution in [-0.2, 0) is 16.1 Å². The molecule has 0 aromatic heterocycles. The first-order valence-electron chi connectivity index (χ1n) is 10.6. The molecule has 1 aromatic rings. The van der Waals surface area contributed by atoms with Crippen molar-refractivity contribution in [3.05, 3.63) is 47.0 Å². The van der Waals surface area contributed by atoms with E-state index in [2.05, 4.69) is 16.0 Å². The van der Waals surface area contributed by atoms with Crippen LogP contribution in [0, 0.1) is 0 Å². The van der Waals surface area contributed by atoms with Gasteiger partial charge in [0.25, 0.3) is 0 Å². The molecule has 0 radical (unpaired) electrons. The minimum atomic E-state index is -0.596. The number of urea groups is 1. The van der Waals surface area contributed by atoms with Gasteiger partial charge in [-0.2, -0.15) is 0 Å². The van der Waals surface area contributed by atoms with Crippen molar-refractivity contribution >= 4 is 23.5 Å². The number of hydrogen-bond acceptors (Lipinski definition) is 4. The summed E-state index contributed by atoms with van der Waals surface area (Å²) in [4.78, 5) is 24.5. The molecular formula is C22H30ClN3O4. The Kier molecular flexibility index (Phi) is 8.54. The van der Waals surface area contributed by atoms with Gasteiger partial charge in [-0.1, -0.05) is 55.1 Å². The fourth-order valence-electron chi connectivity index (χ4n) is 3.82. The number of ether oxygens (including phenoxy) is 1. The summed E-state index contributed by atoms with van der Waals surface area (Å²) >= 11 is 5.86. The highest BCUT2D eigenvalue weighted by Gasteiger charge is 2.29. The van der Waals surface area contributed by atoms with Gasteiger partial charge in [-0.15, -0.1) is 0 Å². The van der Waals surface area contributed by atoms with E-state index in [1.807, 2.05) is 12.1 Å². The summed E-state index contributed by atoms with van der Waals surface area (Å²) in [6.07, 6.45) is 8.15. The Morgan fingerprint density at radius 2 is 1.80 bits per heavy atom. The molecule has 1 fully saturated rings. The van der Waals surface area contributed by atoms with Crippen molar-refractivity contribution in [2.24, 2.45) is 0 Å². The van der Waals surface area contributed by atoms with Gasteiger partial charge < -0.3 is 25.8 Å². The lowest BCUT2D eigenvalue weighted by atomic mass is 9.96. The Labute approximate surface area is 182 Å². The van der Waals surface area contributed by atoms with Gasteiger partial charge in [-0.3, -0.25) is 4.79 Å². The molecule has 1 aliphatic heterocycles. The number of benzene rings is 1. The monoisotopic (exact) mass is 435 g/mol. The fourth-order valence-corrected chi connectivity index (χ4v) is 3.95. The van der Waals surface area contributed by atoms with Crippen LogP contribution in [0.3, 0.4) is 0 Å². The van der Waals surface area contributed by atoms with Crippen LogP contribution in [-0.4, -0.2) is 47.9 Å². The zero-order valence-corrected chi connectivity index (χ0v) is 17.7. The Morgan fingerprint density at radius 3 is 2.50 bits per heavy atom. The van der Waals surface area contributed by atoms with E-state index in [1.54, 1.807) is 24.3 Å². The Balaban J connectivity index is 1.44. The van der Waals surface area contributed by atoms with Crippen molar-refractivity contribution in [2.75, 3.05) is 6.61 Å². The second-order valence-corrected chi connectivity index (χ2v) is 8.30. The third kappa shape index (κ3) is 7.00. The number of hydrogen-bond donors (Lipinski definition) is 4. The first-order valence-corrected chi connectivity index (χ1v) is 10.9. The molecule has 1 aliphatic carbocycles. The van der Waals surface area contributed by atoms with Crippen molar-refractivity contribution in [3.63, 3.8) is 0 Å². The molecule has 30 heavy (non-hydrogen) atoms. The molecule has 8 heteroatoms. The van der Waals surface area contributed by atoms with Crippen LogP contribution in [0.4, 0.5) is 4.79 Å². The minimum absolute atomic E-state index is 0.140. The largest absolute Gasteiger partial charge is 0.394 e. The highest BCUT2D eigenvalue weighted by atomic mass is 35.5. The van der Waals surface area contributed by atoms with Crippen LogP contribution in [0.5, 0.6) is 0 Å². The maximum Gasteiger partial charge on any atom is 0.315 e. The van der Waals surface area contributed by atoms with Crippen molar-refractivity contribution in [2.45, 2.75) is 69.4 Å². The summed E-state index contributed by atoms with van der Waals surface area (Å²) in [5, 5.41) is 19.0. The highest BCUT2D eigenvalue weighted by Crippen LogP contribution is 2.18. The number of carbonyl (C=O) groups excluding carboxylic acids is 2. The van der Waals surface area contributed by atoms with Crippen LogP contribution >= 0.6 is 11.6 Å². The van der Waals surface area contributed by atoms with E-state index in [1.165, 1.54) is 6.42 Å². The van der Waals surface area contributed by atoms with Gasteiger partial charge in [0.2, 0.25) is 5.91 Å². The van der Waals surface area contributed by atoms with E-state index >= 15 is 0 Å². The van der Waals surface area contributed by atoms with Crippen LogP contribution < -0.4 is 16.0 Å². The molecule has 7 nitrogen and oxygen atoms in total. The number of halogens is 1. The zero-order chi connectivity index (χ0) is 21.3. The molecule has 164 valence electrons. The van der Waals surface area contributed by atoms with E-state index in [9.17, 15) is 14.7 Å². The predicted octanol–water partition coefficient (Wildman–Crippen LogP) is 2.66. The summed E-state index contributed by atoms with van der Waals surface area (Å²) in [5.41, 5.74) is 0.953. The highest BCUT2D eigenvalue weighted by molar-refractivity contribution is 6.30. The predicted molar refractivity (Wildman–Crippen MR) is 115 cm³/mol. The summed E-state index contributed by atoms with van der Waals surface area (Å²) in [7, 11) is 0. The molecule has 0 unspecified atom stereocenters. The second kappa shape index (κ2) is 11.3. The molecule has 3 atom stereocenters. The van der Waals surface area contributed by atoms with E-state index in [0.29, 0.717) is 11.6 Å². The molecule has 2 aliphatic rings. The topological polar surface area (TPSA) is 99.7 Å². The van der Waals surface area contributed by atoms with Crippen molar-refractivity contribution in [1.29, 1.82) is 0 Å². The number of amides is 3. The maximum absolute atomic E-state index is 12.3. The normalized spacial score (nSPS) is 24.3. The summed E-state index contributed by atoms with van der Waals surface area (Å²) in [6, 6.07) is 6.78. The molecule has 1 aromatic carbocycles. The molecule has 0 bridgehead atoms. The number of carbonyl (C=O) groups is 2. The number of rotatable bonds is 7. The smallest absolute Gasteiger partial charge is 0.315 e. The van der Waals surface area contributed by atoms with Crippen molar-refractivity contribution < 1.29 is 19.4 Å². The molecule has 3 rings (SSSR count). The van der Waals surface area contributed by atoms with Crippen LogP contribution in [0.15, 0.2) is 36.4 Å². The molecule has 0 saturated heterocycles. The lowest BCUT2D eigenvalue weighted by Gasteiger charge is -2.32. The van der Waals surface area contributed by atoms with Gasteiger partial charge in [-0.05, 0) is 30.5 Å². The Hall–Kier alpha value is -2.09. The number of aliphatic hydroxyl groups is 1. The first kappa shape index (κ1) is 22.6. The standard InChI is InChI=1S/C22H30ClN3O4/c23-16-8-6-15(7-9-16)13-24-21(28)12-18-10-11-19(20(14-27)30-18)26-22(29)25-17-4-2-1-3-5-17/h6-11,17-20,27H,1-5,12-14H2,(H,24,28)(H2,25,26,29)/t18-,19-,20-/m1/s1. The van der Waals surface area contributed by atoms with Gasteiger partial charge in [0, 0.05) is 17.6 Å². The lowest BCUT2D eigenvalue weighted by molar-refractivity contribution is -0.125. The van der Waals surface area contributed by atoms with Gasteiger partial charge in [0.15, 0.2) is 0 Å². The van der Waals surface area contributed by atoms with Crippen LogP contribution in [0.25, 0.3) is 0 Å². The SMILES string of the molecule is O=C(C[C@H]1C=C[C@@H](NC(=O)NC2CCCCC2)[C@@H](CO)O1)NCc1ccc(Cl)cc1. The Bertz CT molecular complexity index is 734. The zero-order valence-electron chi connectivity index (χ0n) is 17.0. The average molecular weight is 436 g/mol. The second-order valence-electron chi connectivity index (χ2n) is 7.87.